The van der Waals surface area contributed by atoms with Crippen molar-refractivity contribution in [2.45, 2.75) is 18.8 Å². The zero-order valence-electron chi connectivity index (χ0n) is 16.2. The summed E-state index contributed by atoms with van der Waals surface area (Å²) >= 11 is 0. The SMILES string of the molecule is C=N/C=C(C#N)\C(=N/CNc1cc(N(C)/N=N\NC)c(C2CC2)cc1F)NC. The molecule has 0 aromatic heterocycles. The van der Waals surface area contributed by atoms with Crippen molar-refractivity contribution < 1.29 is 4.39 Å². The van der Waals surface area contributed by atoms with E-state index in [0.717, 1.165) is 24.1 Å². The molecule has 3 N–H and O–H groups in total. The predicted octanol–water partition coefficient (Wildman–Crippen LogP) is 2.74. The first-order chi connectivity index (χ1) is 13.5. The van der Waals surface area contributed by atoms with Crippen LogP contribution in [0, 0.1) is 17.1 Å². The fraction of sp³-hybridized carbons (Fsp3) is 0.389. The van der Waals surface area contributed by atoms with E-state index in [2.05, 4.69) is 43.2 Å². The van der Waals surface area contributed by atoms with Gasteiger partial charge in [-0.1, -0.05) is 5.22 Å². The van der Waals surface area contributed by atoms with Gasteiger partial charge in [-0.2, -0.15) is 5.26 Å². The number of likely N-dealkylation sites (N-methyl/N-ethyl adjacent to an activating group) is 1. The van der Waals surface area contributed by atoms with Crippen molar-refractivity contribution in [1.82, 2.24) is 10.7 Å². The molecule has 1 aromatic rings. The van der Waals surface area contributed by atoms with Crippen molar-refractivity contribution in [1.29, 1.82) is 5.26 Å². The van der Waals surface area contributed by atoms with Crippen molar-refractivity contribution >= 4 is 23.9 Å². The standard InChI is InChI=1S/C18H24FN9/c1-21-10-13(9-20)18(22-2)25-11-24-16-8-17(28(4)27-26-23-3)14(7-15(16)19)12-5-6-12/h7-8,10,12,24H,1,5-6,11H2,2-4H3,(H,22,25)(H,23,27)/b13-10-. The summed E-state index contributed by atoms with van der Waals surface area (Å²) in [6, 6.07) is 5.21. The van der Waals surface area contributed by atoms with Gasteiger partial charge in [0.1, 0.15) is 30.0 Å². The van der Waals surface area contributed by atoms with Crippen LogP contribution in [0.3, 0.4) is 0 Å². The van der Waals surface area contributed by atoms with Crippen molar-refractivity contribution in [3.63, 3.8) is 0 Å². The number of halogens is 1. The summed E-state index contributed by atoms with van der Waals surface area (Å²) in [5.74, 6) is 0.307. The molecule has 0 atom stereocenters. The quantitative estimate of drug-likeness (QED) is 0.199. The first kappa shape index (κ1) is 20.8. The summed E-state index contributed by atoms with van der Waals surface area (Å²) in [6.45, 7) is 3.39. The number of anilines is 2. The minimum absolute atomic E-state index is 0.0627. The lowest BCUT2D eigenvalue weighted by molar-refractivity contribution is 0.627. The van der Waals surface area contributed by atoms with E-state index in [1.807, 2.05) is 6.07 Å². The molecular weight excluding hydrogens is 361 g/mol. The average Bonchev–Trinajstić information content (AvgIpc) is 3.54. The van der Waals surface area contributed by atoms with Crippen LogP contribution < -0.4 is 21.1 Å². The number of hydrogen-bond acceptors (Lipinski definition) is 6. The highest BCUT2D eigenvalue weighted by molar-refractivity contribution is 6.01. The van der Waals surface area contributed by atoms with Crippen LogP contribution in [0.1, 0.15) is 24.3 Å². The number of nitrogens with one attached hydrogen (secondary N) is 3. The Morgan fingerprint density at radius 2 is 2.18 bits per heavy atom. The lowest BCUT2D eigenvalue weighted by Crippen LogP contribution is -2.21. The van der Waals surface area contributed by atoms with Crippen molar-refractivity contribution in [2.24, 2.45) is 20.4 Å². The van der Waals surface area contributed by atoms with Crippen LogP contribution in [0.4, 0.5) is 15.8 Å². The molecule has 0 unspecified atom stereocenters. The summed E-state index contributed by atoms with van der Waals surface area (Å²) in [4.78, 5) is 7.82. The molecule has 0 heterocycles. The molecule has 9 nitrogen and oxygen atoms in total. The molecule has 0 amide bonds. The van der Waals surface area contributed by atoms with Gasteiger partial charge in [-0.05, 0) is 48.4 Å². The van der Waals surface area contributed by atoms with E-state index in [0.29, 0.717) is 11.8 Å². The van der Waals surface area contributed by atoms with Crippen molar-refractivity contribution in [2.75, 3.05) is 38.1 Å². The summed E-state index contributed by atoms with van der Waals surface area (Å²) in [5, 5.41) is 24.3. The van der Waals surface area contributed by atoms with E-state index in [4.69, 9.17) is 5.26 Å². The maximum atomic E-state index is 14.6. The number of benzene rings is 1. The second-order valence-electron chi connectivity index (χ2n) is 6.03. The lowest BCUT2D eigenvalue weighted by atomic mass is 10.1. The molecule has 1 aliphatic rings. The number of aliphatic imine (C=N–C) groups is 2. The van der Waals surface area contributed by atoms with Gasteiger partial charge in [-0.25, -0.2) is 14.4 Å². The molecule has 0 saturated heterocycles. The van der Waals surface area contributed by atoms with Crippen LogP contribution in [0.25, 0.3) is 0 Å². The third kappa shape index (κ3) is 5.26. The van der Waals surface area contributed by atoms with Crippen molar-refractivity contribution in [3.05, 3.63) is 35.3 Å². The predicted molar refractivity (Wildman–Crippen MR) is 109 cm³/mol. The summed E-state index contributed by atoms with van der Waals surface area (Å²) in [7, 11) is 5.05. The van der Waals surface area contributed by atoms with E-state index in [-0.39, 0.29) is 23.7 Å². The van der Waals surface area contributed by atoms with Crippen LogP contribution in [0.5, 0.6) is 0 Å². The van der Waals surface area contributed by atoms with Gasteiger partial charge in [-0.3, -0.25) is 10.4 Å². The van der Waals surface area contributed by atoms with Gasteiger partial charge in [0.2, 0.25) is 0 Å². The normalized spacial score (nSPS) is 14.5. The molecule has 1 aliphatic carbocycles. The Labute approximate surface area is 163 Å². The maximum Gasteiger partial charge on any atom is 0.146 e. The Morgan fingerprint density at radius 3 is 2.75 bits per heavy atom. The van der Waals surface area contributed by atoms with Crippen LogP contribution in [-0.2, 0) is 0 Å². The molecule has 1 aromatic carbocycles. The number of rotatable bonds is 9. The molecule has 1 fully saturated rings. The Morgan fingerprint density at radius 1 is 1.43 bits per heavy atom. The summed E-state index contributed by atoms with van der Waals surface area (Å²) in [5.41, 5.74) is 4.80. The molecule has 0 aliphatic heterocycles. The van der Waals surface area contributed by atoms with E-state index in [1.165, 1.54) is 12.3 Å². The second-order valence-corrected chi connectivity index (χ2v) is 6.03. The zero-order valence-corrected chi connectivity index (χ0v) is 16.2. The number of nitriles is 1. The van der Waals surface area contributed by atoms with E-state index >= 15 is 0 Å². The van der Waals surface area contributed by atoms with Crippen LogP contribution in [0.15, 0.2) is 44.3 Å². The smallest absolute Gasteiger partial charge is 0.146 e. The van der Waals surface area contributed by atoms with E-state index < -0.39 is 0 Å². The summed E-state index contributed by atoms with van der Waals surface area (Å²) < 4.78 is 14.6. The zero-order chi connectivity index (χ0) is 20.5. The maximum absolute atomic E-state index is 14.6. The minimum atomic E-state index is -0.366. The molecule has 148 valence electrons. The fourth-order valence-electron chi connectivity index (χ4n) is 2.61. The molecule has 10 heteroatoms. The van der Waals surface area contributed by atoms with Gasteiger partial charge in [0.15, 0.2) is 0 Å². The third-order valence-corrected chi connectivity index (χ3v) is 4.10. The highest BCUT2D eigenvalue weighted by atomic mass is 19.1. The molecule has 28 heavy (non-hydrogen) atoms. The first-order valence-corrected chi connectivity index (χ1v) is 8.72. The highest BCUT2D eigenvalue weighted by Gasteiger charge is 2.28. The second kappa shape index (κ2) is 10.0. The van der Waals surface area contributed by atoms with E-state index in [1.54, 1.807) is 32.2 Å². The Hall–Kier alpha value is -3.48. The molecule has 0 bridgehead atoms. The van der Waals surface area contributed by atoms with Gasteiger partial charge < -0.3 is 10.6 Å². The first-order valence-electron chi connectivity index (χ1n) is 8.72. The lowest BCUT2D eigenvalue weighted by Gasteiger charge is -2.18. The molecule has 0 spiro atoms. The van der Waals surface area contributed by atoms with Crippen molar-refractivity contribution in [3.8, 4) is 6.07 Å². The largest absolute Gasteiger partial charge is 0.372 e. The Balaban J connectivity index is 2.24. The monoisotopic (exact) mass is 385 g/mol. The number of amidine groups is 1. The van der Waals surface area contributed by atoms with Crippen LogP contribution in [0.2, 0.25) is 0 Å². The minimum Gasteiger partial charge on any atom is -0.372 e. The van der Waals surface area contributed by atoms with Gasteiger partial charge in [0.25, 0.3) is 0 Å². The molecular formula is C18H24FN9. The average molecular weight is 385 g/mol. The molecule has 0 radical (unpaired) electrons. The van der Waals surface area contributed by atoms with Gasteiger partial charge in [0, 0.05) is 27.3 Å². The number of nitrogens with zero attached hydrogens (tertiary/aromatic N) is 6. The van der Waals surface area contributed by atoms with Gasteiger partial charge in [-0.15, -0.1) is 0 Å². The topological polar surface area (TPSA) is 113 Å². The molecule has 1 saturated carbocycles. The third-order valence-electron chi connectivity index (χ3n) is 4.10. The molecule has 2 rings (SSSR count). The fourth-order valence-corrected chi connectivity index (χ4v) is 2.61. The summed E-state index contributed by atoms with van der Waals surface area (Å²) in [6.07, 6.45) is 3.37. The van der Waals surface area contributed by atoms with Crippen LogP contribution in [-0.4, -0.2) is 40.4 Å². The van der Waals surface area contributed by atoms with Gasteiger partial charge >= 0.3 is 0 Å². The van der Waals surface area contributed by atoms with Gasteiger partial charge in [0.05, 0.1) is 11.4 Å². The van der Waals surface area contributed by atoms with Crippen LogP contribution >= 0.6 is 0 Å². The van der Waals surface area contributed by atoms with E-state index in [9.17, 15) is 4.39 Å². The Bertz CT molecular complexity index is 834. The Kier molecular flexibility index (Phi) is 7.45. The number of hydrogen-bond donors (Lipinski definition) is 3. The highest BCUT2D eigenvalue weighted by Crippen LogP contribution is 2.45.